The molecule has 2 rings (SSSR count). The quantitative estimate of drug-likeness (QED) is 0.788. The number of amides is 1. The third kappa shape index (κ3) is 4.82. The fourth-order valence-corrected chi connectivity index (χ4v) is 1.70. The smallest absolute Gasteiger partial charge is 0.407 e. The predicted molar refractivity (Wildman–Crippen MR) is 82.4 cm³/mol. The zero-order chi connectivity index (χ0) is 15.8. The van der Waals surface area contributed by atoms with Crippen LogP contribution in [0.1, 0.15) is 11.1 Å². The molecule has 0 saturated carbocycles. The maximum Gasteiger partial charge on any atom is 0.407 e. The maximum atomic E-state index is 11.5. The minimum Gasteiger partial charge on any atom is -0.503 e. The average molecular weight is 300 g/mol. The number of aromatic nitrogens is 1. The number of carbonyl (C=O) groups excluding carboxylic acids is 1. The van der Waals surface area contributed by atoms with Crippen molar-refractivity contribution in [2.75, 3.05) is 6.54 Å². The highest BCUT2D eigenvalue weighted by Gasteiger charge is 2.00. The number of H-pyrrole nitrogens is 1. The number of hydrogen-bond acceptors (Lipinski definition) is 4. The van der Waals surface area contributed by atoms with Gasteiger partial charge < -0.3 is 20.1 Å². The van der Waals surface area contributed by atoms with Crippen LogP contribution in [0.25, 0.3) is 6.08 Å². The summed E-state index contributed by atoms with van der Waals surface area (Å²) in [4.78, 5) is 24.8. The molecule has 1 aromatic carbocycles. The van der Waals surface area contributed by atoms with Crippen LogP contribution in [-0.2, 0) is 11.3 Å². The van der Waals surface area contributed by atoms with Crippen LogP contribution >= 0.6 is 0 Å². The van der Waals surface area contributed by atoms with E-state index < -0.39 is 11.7 Å². The summed E-state index contributed by atoms with van der Waals surface area (Å²) in [7, 11) is 0. The molecule has 0 aliphatic heterocycles. The number of carbonyl (C=O) groups is 1. The van der Waals surface area contributed by atoms with Crippen molar-refractivity contribution in [3.63, 3.8) is 0 Å². The molecular weight excluding hydrogens is 284 g/mol. The van der Waals surface area contributed by atoms with E-state index in [1.807, 2.05) is 30.3 Å². The third-order valence-corrected chi connectivity index (χ3v) is 2.79. The van der Waals surface area contributed by atoms with E-state index in [-0.39, 0.29) is 18.9 Å². The number of aromatic amines is 1. The topological polar surface area (TPSA) is 91.4 Å². The summed E-state index contributed by atoms with van der Waals surface area (Å²) < 4.78 is 5.04. The molecule has 0 radical (unpaired) electrons. The van der Waals surface area contributed by atoms with Gasteiger partial charge in [-0.1, -0.05) is 42.5 Å². The predicted octanol–water partition coefficient (Wildman–Crippen LogP) is 2.02. The monoisotopic (exact) mass is 300 g/mol. The van der Waals surface area contributed by atoms with Gasteiger partial charge in [0.2, 0.25) is 0 Å². The van der Waals surface area contributed by atoms with Crippen molar-refractivity contribution >= 4 is 12.2 Å². The number of alkyl carbamates (subject to hydrolysis) is 1. The summed E-state index contributed by atoms with van der Waals surface area (Å²) in [5.74, 6) is -0.350. The summed E-state index contributed by atoms with van der Waals surface area (Å²) in [5.41, 5.74) is 0.994. The first-order valence-corrected chi connectivity index (χ1v) is 6.68. The second kappa shape index (κ2) is 7.68. The molecule has 0 atom stereocenters. The third-order valence-electron chi connectivity index (χ3n) is 2.79. The molecule has 0 spiro atoms. The van der Waals surface area contributed by atoms with Crippen LogP contribution in [0.4, 0.5) is 4.79 Å². The Morgan fingerprint density at radius 1 is 1.32 bits per heavy atom. The maximum absolute atomic E-state index is 11.5. The van der Waals surface area contributed by atoms with Gasteiger partial charge >= 0.3 is 6.09 Å². The number of rotatable bonds is 5. The summed E-state index contributed by atoms with van der Waals surface area (Å²) in [6, 6.07) is 10.7. The number of hydrogen-bond donors (Lipinski definition) is 3. The summed E-state index contributed by atoms with van der Waals surface area (Å²) in [5, 5.41) is 11.8. The van der Waals surface area contributed by atoms with Gasteiger partial charge in [-0.3, -0.25) is 4.79 Å². The van der Waals surface area contributed by atoms with Gasteiger partial charge in [0.1, 0.15) is 6.61 Å². The first kappa shape index (κ1) is 15.4. The molecule has 1 aromatic heterocycles. The van der Waals surface area contributed by atoms with Crippen LogP contribution in [0.3, 0.4) is 0 Å². The highest BCUT2D eigenvalue weighted by molar-refractivity contribution is 5.67. The first-order valence-electron chi connectivity index (χ1n) is 6.68. The van der Waals surface area contributed by atoms with Crippen molar-refractivity contribution in [2.24, 2.45) is 0 Å². The number of pyridine rings is 1. The Balaban J connectivity index is 1.73. The molecule has 1 heterocycles. The lowest BCUT2D eigenvalue weighted by Crippen LogP contribution is -2.24. The molecule has 0 aliphatic rings. The first-order chi connectivity index (χ1) is 10.6. The van der Waals surface area contributed by atoms with E-state index >= 15 is 0 Å². The van der Waals surface area contributed by atoms with Gasteiger partial charge in [-0.25, -0.2) is 4.79 Å². The van der Waals surface area contributed by atoms with E-state index in [1.165, 1.54) is 12.3 Å². The van der Waals surface area contributed by atoms with Crippen molar-refractivity contribution in [3.8, 4) is 5.75 Å². The Kier molecular flexibility index (Phi) is 5.37. The molecule has 0 bridgehead atoms. The summed E-state index contributed by atoms with van der Waals surface area (Å²) in [6.07, 6.45) is 4.29. The normalized spacial score (nSPS) is 10.5. The van der Waals surface area contributed by atoms with Gasteiger partial charge in [0.05, 0.1) is 0 Å². The molecule has 22 heavy (non-hydrogen) atoms. The van der Waals surface area contributed by atoms with Crippen LogP contribution in [0.5, 0.6) is 5.75 Å². The number of nitrogens with one attached hydrogen (secondary N) is 2. The summed E-state index contributed by atoms with van der Waals surface area (Å²) >= 11 is 0. The minimum atomic E-state index is -0.542. The van der Waals surface area contributed by atoms with Gasteiger partial charge in [-0.15, -0.1) is 0 Å². The number of ether oxygens (including phenoxy) is 1. The van der Waals surface area contributed by atoms with E-state index in [9.17, 15) is 14.7 Å². The molecule has 2 aromatic rings. The zero-order valence-electron chi connectivity index (χ0n) is 11.8. The van der Waals surface area contributed by atoms with Crippen molar-refractivity contribution in [3.05, 3.63) is 70.2 Å². The fraction of sp³-hybridized carbons (Fsp3) is 0.125. The number of benzene rings is 1. The average Bonchev–Trinajstić information content (AvgIpc) is 2.54. The second-order valence-corrected chi connectivity index (χ2v) is 4.49. The molecule has 0 fully saturated rings. The van der Waals surface area contributed by atoms with E-state index in [1.54, 1.807) is 12.2 Å². The van der Waals surface area contributed by atoms with Crippen molar-refractivity contribution in [1.82, 2.24) is 10.3 Å². The highest BCUT2D eigenvalue weighted by atomic mass is 16.5. The van der Waals surface area contributed by atoms with Crippen molar-refractivity contribution in [2.45, 2.75) is 6.61 Å². The lowest BCUT2D eigenvalue weighted by atomic mass is 10.2. The van der Waals surface area contributed by atoms with Crippen LogP contribution in [0.15, 0.2) is 53.5 Å². The molecule has 114 valence electrons. The molecular formula is C16H16N2O4. The van der Waals surface area contributed by atoms with E-state index in [4.69, 9.17) is 4.74 Å². The molecule has 0 unspecified atom stereocenters. The Bertz CT molecular complexity index is 708. The van der Waals surface area contributed by atoms with Crippen LogP contribution in [0.2, 0.25) is 0 Å². The fourth-order valence-electron chi connectivity index (χ4n) is 1.70. The standard InChI is InChI=1S/C16H16N2O4/c19-14-9-13(10-18-15(14)20)7-4-8-17-16(21)22-11-12-5-2-1-3-6-12/h1-7,9-10,19H,8,11H2,(H,17,21)(H,18,20). The van der Waals surface area contributed by atoms with Gasteiger partial charge in [0.25, 0.3) is 5.56 Å². The van der Waals surface area contributed by atoms with E-state index in [2.05, 4.69) is 10.3 Å². The zero-order valence-corrected chi connectivity index (χ0v) is 11.8. The van der Waals surface area contributed by atoms with Gasteiger partial charge in [-0.05, 0) is 17.2 Å². The lowest BCUT2D eigenvalue weighted by molar-refractivity contribution is 0.141. The van der Waals surface area contributed by atoms with Gasteiger partial charge in [-0.2, -0.15) is 0 Å². The SMILES string of the molecule is O=C(NCC=Cc1c[nH]c(=O)c(O)c1)OCc1ccccc1. The molecule has 0 aliphatic carbocycles. The largest absolute Gasteiger partial charge is 0.503 e. The molecule has 6 heteroatoms. The van der Waals surface area contributed by atoms with Gasteiger partial charge in [0.15, 0.2) is 5.75 Å². The lowest BCUT2D eigenvalue weighted by Gasteiger charge is -2.05. The Hall–Kier alpha value is -3.02. The van der Waals surface area contributed by atoms with Crippen LogP contribution < -0.4 is 10.9 Å². The van der Waals surface area contributed by atoms with E-state index in [0.717, 1.165) is 5.56 Å². The Labute approximate surface area is 127 Å². The van der Waals surface area contributed by atoms with E-state index in [0.29, 0.717) is 5.56 Å². The number of aromatic hydroxyl groups is 1. The van der Waals surface area contributed by atoms with Gasteiger partial charge in [0, 0.05) is 12.7 Å². The molecule has 6 nitrogen and oxygen atoms in total. The highest BCUT2D eigenvalue weighted by Crippen LogP contribution is 2.05. The van der Waals surface area contributed by atoms with Crippen LogP contribution in [0, 0.1) is 0 Å². The summed E-state index contributed by atoms with van der Waals surface area (Å²) in [6.45, 7) is 0.484. The molecule has 3 N–H and O–H groups in total. The Morgan fingerprint density at radius 2 is 2.09 bits per heavy atom. The van der Waals surface area contributed by atoms with Crippen molar-refractivity contribution in [1.29, 1.82) is 0 Å². The second-order valence-electron chi connectivity index (χ2n) is 4.49. The Morgan fingerprint density at radius 3 is 2.82 bits per heavy atom. The van der Waals surface area contributed by atoms with Crippen molar-refractivity contribution < 1.29 is 14.6 Å². The molecule has 1 amide bonds. The minimum absolute atomic E-state index is 0.212. The molecule has 0 saturated heterocycles. The van der Waals surface area contributed by atoms with Crippen LogP contribution in [-0.4, -0.2) is 22.7 Å².